The molecule has 0 fully saturated rings. The standard InChI is InChI=1S/C18H17NO4/c1-12(20)22-17-11-16(14-9-5-6-10-15(14)17)19-23-18(21)13-7-3-2-4-8-13/h2-10,16-17,19H,11H2,1H3/t16-,17+/m0/s1. The van der Waals surface area contributed by atoms with E-state index in [4.69, 9.17) is 9.57 Å². The topological polar surface area (TPSA) is 64.6 Å². The van der Waals surface area contributed by atoms with E-state index in [9.17, 15) is 9.59 Å². The van der Waals surface area contributed by atoms with E-state index in [2.05, 4.69) is 5.48 Å². The molecule has 0 heterocycles. The average molecular weight is 311 g/mol. The van der Waals surface area contributed by atoms with E-state index in [0.29, 0.717) is 12.0 Å². The molecule has 0 radical (unpaired) electrons. The van der Waals surface area contributed by atoms with E-state index < -0.39 is 5.97 Å². The second-order valence-electron chi connectivity index (χ2n) is 5.39. The van der Waals surface area contributed by atoms with Gasteiger partial charge in [-0.1, -0.05) is 42.5 Å². The van der Waals surface area contributed by atoms with Crippen molar-refractivity contribution in [3.63, 3.8) is 0 Å². The first-order valence-electron chi connectivity index (χ1n) is 7.43. The Hall–Kier alpha value is -2.66. The minimum atomic E-state index is -0.445. The molecular weight excluding hydrogens is 294 g/mol. The Morgan fingerprint density at radius 2 is 1.65 bits per heavy atom. The van der Waals surface area contributed by atoms with Crippen LogP contribution < -0.4 is 5.48 Å². The zero-order valence-electron chi connectivity index (χ0n) is 12.7. The summed E-state index contributed by atoms with van der Waals surface area (Å²) in [7, 11) is 0. The molecular formula is C18H17NO4. The smallest absolute Gasteiger partial charge is 0.356 e. The minimum Gasteiger partial charge on any atom is -0.458 e. The number of ether oxygens (including phenoxy) is 1. The van der Waals surface area contributed by atoms with E-state index in [1.54, 1.807) is 24.3 Å². The Labute approximate surface area is 134 Å². The van der Waals surface area contributed by atoms with Gasteiger partial charge in [0.2, 0.25) is 0 Å². The molecule has 0 saturated heterocycles. The van der Waals surface area contributed by atoms with Crippen molar-refractivity contribution < 1.29 is 19.2 Å². The quantitative estimate of drug-likeness (QED) is 0.694. The highest BCUT2D eigenvalue weighted by Crippen LogP contribution is 2.40. The number of benzene rings is 2. The molecule has 0 amide bonds. The highest BCUT2D eigenvalue weighted by molar-refractivity contribution is 5.89. The van der Waals surface area contributed by atoms with Gasteiger partial charge < -0.3 is 9.57 Å². The molecule has 0 saturated carbocycles. The molecule has 0 unspecified atom stereocenters. The molecule has 1 N–H and O–H groups in total. The van der Waals surface area contributed by atoms with Crippen molar-refractivity contribution >= 4 is 11.9 Å². The Morgan fingerprint density at radius 1 is 1.00 bits per heavy atom. The Morgan fingerprint density at radius 3 is 2.35 bits per heavy atom. The lowest BCUT2D eigenvalue weighted by atomic mass is 10.1. The van der Waals surface area contributed by atoms with Crippen LogP contribution in [-0.4, -0.2) is 11.9 Å². The van der Waals surface area contributed by atoms with Crippen molar-refractivity contribution in [1.29, 1.82) is 0 Å². The highest BCUT2D eigenvalue weighted by atomic mass is 16.7. The zero-order valence-corrected chi connectivity index (χ0v) is 12.7. The first-order valence-corrected chi connectivity index (χ1v) is 7.43. The van der Waals surface area contributed by atoms with Crippen molar-refractivity contribution in [2.24, 2.45) is 0 Å². The number of hydroxylamine groups is 1. The summed E-state index contributed by atoms with van der Waals surface area (Å²) in [5.74, 6) is -0.772. The van der Waals surface area contributed by atoms with Gasteiger partial charge in [-0.15, -0.1) is 5.48 Å². The van der Waals surface area contributed by atoms with Gasteiger partial charge in [-0.3, -0.25) is 4.79 Å². The van der Waals surface area contributed by atoms with Gasteiger partial charge in [-0.2, -0.15) is 0 Å². The van der Waals surface area contributed by atoms with Crippen molar-refractivity contribution in [3.8, 4) is 0 Å². The van der Waals surface area contributed by atoms with Gasteiger partial charge in [0.15, 0.2) is 0 Å². The molecule has 2 atom stereocenters. The summed E-state index contributed by atoms with van der Waals surface area (Å²) >= 11 is 0. The maximum atomic E-state index is 12.0. The minimum absolute atomic E-state index is 0.205. The van der Waals surface area contributed by atoms with Crippen LogP contribution in [0.15, 0.2) is 54.6 Å². The molecule has 1 aliphatic carbocycles. The Balaban J connectivity index is 1.69. The van der Waals surface area contributed by atoms with Gasteiger partial charge >= 0.3 is 11.9 Å². The second kappa shape index (κ2) is 6.62. The molecule has 0 spiro atoms. The number of carbonyl (C=O) groups excluding carboxylic acids is 2. The first kappa shape index (κ1) is 15.2. The lowest BCUT2D eigenvalue weighted by molar-refractivity contribution is -0.147. The SMILES string of the molecule is CC(=O)O[C@@H]1C[C@H](NOC(=O)c2ccccc2)c2ccccc21. The van der Waals surface area contributed by atoms with Crippen molar-refractivity contribution in [1.82, 2.24) is 5.48 Å². The maximum absolute atomic E-state index is 12.0. The second-order valence-corrected chi connectivity index (χ2v) is 5.39. The van der Waals surface area contributed by atoms with E-state index in [1.165, 1.54) is 6.92 Å². The van der Waals surface area contributed by atoms with Gasteiger partial charge in [0.1, 0.15) is 6.10 Å². The molecule has 23 heavy (non-hydrogen) atoms. The molecule has 5 heteroatoms. The third kappa shape index (κ3) is 3.40. The summed E-state index contributed by atoms with van der Waals surface area (Å²) in [6, 6.07) is 16.2. The van der Waals surface area contributed by atoms with Crippen LogP contribution >= 0.6 is 0 Å². The largest absolute Gasteiger partial charge is 0.458 e. The van der Waals surface area contributed by atoms with Crippen LogP contribution in [0.1, 0.15) is 47.0 Å². The molecule has 2 aromatic rings. The van der Waals surface area contributed by atoms with Crippen LogP contribution in [-0.2, 0) is 14.4 Å². The third-order valence-corrected chi connectivity index (χ3v) is 3.78. The van der Waals surface area contributed by atoms with Crippen molar-refractivity contribution in [2.75, 3.05) is 0 Å². The van der Waals surface area contributed by atoms with Crippen molar-refractivity contribution in [2.45, 2.75) is 25.5 Å². The molecule has 0 aliphatic heterocycles. The van der Waals surface area contributed by atoms with E-state index in [-0.39, 0.29) is 18.1 Å². The summed E-state index contributed by atoms with van der Waals surface area (Å²) in [5.41, 5.74) is 5.19. The third-order valence-electron chi connectivity index (χ3n) is 3.78. The predicted octanol–water partition coefficient (Wildman–Crippen LogP) is 3.10. The van der Waals surface area contributed by atoms with Crippen LogP contribution in [0.4, 0.5) is 0 Å². The highest BCUT2D eigenvalue weighted by Gasteiger charge is 2.33. The summed E-state index contributed by atoms with van der Waals surface area (Å²) in [4.78, 5) is 28.4. The van der Waals surface area contributed by atoms with E-state index >= 15 is 0 Å². The first-order chi connectivity index (χ1) is 11.1. The number of carbonyl (C=O) groups is 2. The molecule has 2 aromatic carbocycles. The lowest BCUT2D eigenvalue weighted by Crippen LogP contribution is -2.24. The van der Waals surface area contributed by atoms with E-state index in [0.717, 1.165) is 11.1 Å². The molecule has 0 aromatic heterocycles. The van der Waals surface area contributed by atoms with Gasteiger partial charge in [0.25, 0.3) is 0 Å². The normalized spacial score (nSPS) is 19.0. The number of rotatable bonds is 4. The van der Waals surface area contributed by atoms with E-state index in [1.807, 2.05) is 30.3 Å². The van der Waals surface area contributed by atoms with Crippen LogP contribution in [0.2, 0.25) is 0 Å². The number of fused-ring (bicyclic) bond motifs is 1. The van der Waals surface area contributed by atoms with Gasteiger partial charge in [-0.25, -0.2) is 4.79 Å². The Bertz CT molecular complexity index is 714. The van der Waals surface area contributed by atoms with Gasteiger partial charge in [-0.05, 0) is 23.3 Å². The van der Waals surface area contributed by atoms with Crippen molar-refractivity contribution in [3.05, 3.63) is 71.3 Å². The summed E-state index contributed by atoms with van der Waals surface area (Å²) in [6.45, 7) is 1.39. The Kier molecular flexibility index (Phi) is 4.39. The molecule has 5 nitrogen and oxygen atoms in total. The fourth-order valence-electron chi connectivity index (χ4n) is 2.77. The number of nitrogens with one attached hydrogen (secondary N) is 1. The monoisotopic (exact) mass is 311 g/mol. The maximum Gasteiger partial charge on any atom is 0.356 e. The summed E-state index contributed by atoms with van der Waals surface area (Å²) < 4.78 is 5.34. The summed E-state index contributed by atoms with van der Waals surface area (Å²) in [6.07, 6.45) is 0.206. The predicted molar refractivity (Wildman–Crippen MR) is 83.3 cm³/mol. The molecule has 1 aliphatic rings. The number of esters is 1. The van der Waals surface area contributed by atoms with Gasteiger partial charge in [0, 0.05) is 13.3 Å². The number of hydrogen-bond acceptors (Lipinski definition) is 5. The lowest BCUT2D eigenvalue weighted by Gasteiger charge is -2.14. The average Bonchev–Trinajstić information content (AvgIpc) is 2.91. The van der Waals surface area contributed by atoms with Crippen LogP contribution in [0.25, 0.3) is 0 Å². The van der Waals surface area contributed by atoms with Gasteiger partial charge in [0.05, 0.1) is 11.6 Å². The molecule has 3 rings (SSSR count). The molecule has 0 bridgehead atoms. The van der Waals surface area contributed by atoms with Crippen LogP contribution in [0.3, 0.4) is 0 Å². The molecule has 118 valence electrons. The fraction of sp³-hybridized carbons (Fsp3) is 0.222. The fourth-order valence-corrected chi connectivity index (χ4v) is 2.77. The number of hydrogen-bond donors (Lipinski definition) is 1. The van der Waals surface area contributed by atoms with Crippen LogP contribution in [0.5, 0.6) is 0 Å². The summed E-state index contributed by atoms with van der Waals surface area (Å²) in [5, 5.41) is 0. The zero-order chi connectivity index (χ0) is 16.2. The van der Waals surface area contributed by atoms with Crippen LogP contribution in [0, 0.1) is 0 Å².